The van der Waals surface area contributed by atoms with Crippen LogP contribution in [0.5, 0.6) is 0 Å². The normalized spacial score (nSPS) is 24.3. The molecule has 0 aromatic carbocycles. The third-order valence-electron chi connectivity index (χ3n) is 2.15. The van der Waals surface area contributed by atoms with Gasteiger partial charge in [0.2, 0.25) is 0 Å². The number of rotatable bonds is 4. The summed E-state index contributed by atoms with van der Waals surface area (Å²) in [5.41, 5.74) is 3.57. The Morgan fingerprint density at radius 3 is 2.50 bits per heavy atom. The molecule has 1 atom stereocenters. The van der Waals surface area contributed by atoms with Crippen LogP contribution in [0.3, 0.4) is 0 Å². The van der Waals surface area contributed by atoms with E-state index in [0.29, 0.717) is 6.04 Å². The van der Waals surface area contributed by atoms with Crippen LogP contribution in [0.1, 0.15) is 26.7 Å². The van der Waals surface area contributed by atoms with Crippen LogP contribution in [0.4, 0.5) is 0 Å². The van der Waals surface area contributed by atoms with E-state index in [2.05, 4.69) is 26.3 Å². The van der Waals surface area contributed by atoms with Crippen molar-refractivity contribution >= 4 is 0 Å². The molecule has 1 fully saturated rings. The Morgan fingerprint density at radius 2 is 2.10 bits per heavy atom. The van der Waals surface area contributed by atoms with Crippen LogP contribution < -0.4 is 5.43 Å². The van der Waals surface area contributed by atoms with Gasteiger partial charge in [-0.1, -0.05) is 13.3 Å². The van der Waals surface area contributed by atoms with Crippen molar-refractivity contribution in [2.45, 2.75) is 32.7 Å². The minimum Gasteiger partial charge on any atom is -0.238 e. The molecule has 1 saturated heterocycles. The average molecular weight is 143 g/mol. The Labute approximate surface area is 63.8 Å². The van der Waals surface area contributed by atoms with E-state index in [1.54, 1.807) is 0 Å². The molecule has 0 aliphatic carbocycles. The number of likely N-dealkylation sites (N-methyl/N-ethyl adjacent to an activating group) is 1. The largest absolute Gasteiger partial charge is 0.238 e. The monoisotopic (exact) mass is 143 g/mol. The molecule has 1 aliphatic rings. The first-order chi connectivity index (χ1) is 4.66. The zero-order chi connectivity index (χ0) is 7.61. The Balaban J connectivity index is 2.11. The number of hydrogen-bond acceptors (Lipinski definition) is 1. The second-order valence-electron chi connectivity index (χ2n) is 3.66. The molecule has 0 bridgehead atoms. The molecule has 0 amide bonds. The summed E-state index contributed by atoms with van der Waals surface area (Å²) in [5.74, 6) is 0. The third-order valence-corrected chi connectivity index (χ3v) is 2.15. The highest BCUT2D eigenvalue weighted by atomic mass is 15.7. The van der Waals surface area contributed by atoms with E-state index >= 15 is 0 Å². The van der Waals surface area contributed by atoms with Gasteiger partial charge in [-0.15, -0.1) is 0 Å². The summed E-state index contributed by atoms with van der Waals surface area (Å²) in [6, 6.07) is 0.692. The summed E-state index contributed by atoms with van der Waals surface area (Å²) in [4.78, 5) is 0. The lowest BCUT2D eigenvalue weighted by Crippen LogP contribution is -2.43. The van der Waals surface area contributed by atoms with Crippen LogP contribution in [-0.4, -0.2) is 30.8 Å². The molecule has 1 rings (SSSR count). The average Bonchev–Trinajstić information content (AvgIpc) is 2.48. The second kappa shape index (κ2) is 2.89. The Kier molecular flexibility index (Phi) is 2.32. The molecule has 10 heavy (non-hydrogen) atoms. The lowest BCUT2D eigenvalue weighted by atomic mass is 10.2. The van der Waals surface area contributed by atoms with Crippen molar-refractivity contribution in [3.05, 3.63) is 0 Å². The fourth-order valence-electron chi connectivity index (χ4n) is 1.31. The summed E-state index contributed by atoms with van der Waals surface area (Å²) in [5, 5.41) is 0. The second-order valence-corrected chi connectivity index (χ2v) is 3.66. The standard InChI is InChI=1S/C8H19N2/c1-4-5-8(2)9-10(3)6-7-10/h8-9H,4-7H2,1-3H3/q+1. The van der Waals surface area contributed by atoms with Gasteiger partial charge in [-0.05, 0) is 13.3 Å². The van der Waals surface area contributed by atoms with Crippen molar-refractivity contribution in [1.29, 1.82) is 0 Å². The third kappa shape index (κ3) is 2.27. The molecule has 0 aromatic heterocycles. The Bertz CT molecular complexity index is 108. The Hall–Kier alpha value is -0.0800. The van der Waals surface area contributed by atoms with E-state index in [9.17, 15) is 0 Å². The van der Waals surface area contributed by atoms with Gasteiger partial charge in [-0.2, -0.15) is 5.43 Å². The van der Waals surface area contributed by atoms with Crippen molar-refractivity contribution in [2.24, 2.45) is 0 Å². The zero-order valence-electron chi connectivity index (χ0n) is 7.35. The van der Waals surface area contributed by atoms with Crippen LogP contribution in [0.25, 0.3) is 0 Å². The lowest BCUT2D eigenvalue weighted by molar-refractivity contribution is -0.830. The van der Waals surface area contributed by atoms with Crippen LogP contribution in [-0.2, 0) is 0 Å². The summed E-state index contributed by atoms with van der Waals surface area (Å²) < 4.78 is 1.10. The molecule has 0 saturated carbocycles. The van der Waals surface area contributed by atoms with E-state index in [1.165, 1.54) is 25.9 Å². The molecule has 0 aromatic rings. The summed E-state index contributed by atoms with van der Waals surface area (Å²) >= 11 is 0. The smallest absolute Gasteiger partial charge is 0.148 e. The van der Waals surface area contributed by atoms with Gasteiger partial charge in [-0.3, -0.25) is 0 Å². The maximum absolute atomic E-state index is 3.57. The topological polar surface area (TPSA) is 12.0 Å². The van der Waals surface area contributed by atoms with Crippen molar-refractivity contribution in [3.63, 3.8) is 0 Å². The molecule has 1 N–H and O–H groups in total. The van der Waals surface area contributed by atoms with Gasteiger partial charge in [0, 0.05) is 0 Å². The number of nitrogens with zero attached hydrogens (tertiary/aromatic N) is 1. The van der Waals surface area contributed by atoms with Gasteiger partial charge >= 0.3 is 0 Å². The van der Waals surface area contributed by atoms with E-state index in [1.807, 2.05) is 0 Å². The maximum atomic E-state index is 3.57. The van der Waals surface area contributed by atoms with E-state index in [-0.39, 0.29) is 0 Å². The summed E-state index contributed by atoms with van der Waals surface area (Å²) in [7, 11) is 2.26. The van der Waals surface area contributed by atoms with Crippen LogP contribution >= 0.6 is 0 Å². The maximum Gasteiger partial charge on any atom is 0.148 e. The predicted octanol–water partition coefficient (Wildman–Crippen LogP) is 1.14. The minimum absolute atomic E-state index is 0.692. The van der Waals surface area contributed by atoms with Crippen molar-refractivity contribution < 1.29 is 4.59 Å². The quantitative estimate of drug-likeness (QED) is 0.459. The molecule has 1 aliphatic heterocycles. The van der Waals surface area contributed by atoms with Crippen LogP contribution in [0, 0.1) is 0 Å². The highest BCUT2D eigenvalue weighted by molar-refractivity contribution is 4.56. The van der Waals surface area contributed by atoms with E-state index < -0.39 is 0 Å². The van der Waals surface area contributed by atoms with Gasteiger partial charge in [-0.25, -0.2) is 4.59 Å². The molecule has 0 radical (unpaired) electrons. The number of quaternary nitrogens is 1. The molecule has 2 nitrogen and oxygen atoms in total. The van der Waals surface area contributed by atoms with Crippen molar-refractivity contribution in [2.75, 3.05) is 20.1 Å². The van der Waals surface area contributed by atoms with Gasteiger partial charge in [0.15, 0.2) is 0 Å². The Morgan fingerprint density at radius 1 is 1.50 bits per heavy atom. The van der Waals surface area contributed by atoms with Crippen molar-refractivity contribution in [1.82, 2.24) is 5.43 Å². The number of nitrogens with one attached hydrogen (secondary N) is 1. The highest BCUT2D eigenvalue weighted by Gasteiger charge is 2.38. The first-order valence-electron chi connectivity index (χ1n) is 4.28. The molecule has 0 spiro atoms. The molecule has 2 heteroatoms. The minimum atomic E-state index is 0.692. The van der Waals surface area contributed by atoms with Crippen molar-refractivity contribution in [3.8, 4) is 0 Å². The van der Waals surface area contributed by atoms with E-state index in [4.69, 9.17) is 0 Å². The fraction of sp³-hybridized carbons (Fsp3) is 1.00. The summed E-state index contributed by atoms with van der Waals surface area (Å²) in [6.45, 7) is 7.13. The molecular formula is C8H19N2+. The van der Waals surface area contributed by atoms with E-state index in [0.717, 1.165) is 4.59 Å². The molecule has 1 unspecified atom stereocenters. The first-order valence-corrected chi connectivity index (χ1v) is 4.28. The lowest BCUT2D eigenvalue weighted by Gasteiger charge is -2.18. The SMILES string of the molecule is CCCC(C)N[N+]1(C)CC1. The molecular weight excluding hydrogens is 124 g/mol. The molecule has 60 valence electrons. The van der Waals surface area contributed by atoms with Gasteiger partial charge in [0.25, 0.3) is 0 Å². The first kappa shape index (κ1) is 8.02. The zero-order valence-corrected chi connectivity index (χ0v) is 7.35. The van der Waals surface area contributed by atoms with Gasteiger partial charge in [0.05, 0.1) is 13.1 Å². The van der Waals surface area contributed by atoms with Gasteiger partial charge in [0.1, 0.15) is 13.1 Å². The van der Waals surface area contributed by atoms with Crippen LogP contribution in [0.15, 0.2) is 0 Å². The highest BCUT2D eigenvalue weighted by Crippen LogP contribution is 2.13. The predicted molar refractivity (Wildman–Crippen MR) is 43.4 cm³/mol. The molecule has 1 heterocycles. The summed E-state index contributed by atoms with van der Waals surface area (Å²) in [6.07, 6.45) is 2.59. The number of hydrogen-bond donors (Lipinski definition) is 1. The van der Waals surface area contributed by atoms with Crippen LogP contribution in [0.2, 0.25) is 0 Å². The van der Waals surface area contributed by atoms with Gasteiger partial charge < -0.3 is 0 Å². The fourth-order valence-corrected chi connectivity index (χ4v) is 1.31.